The Labute approximate surface area is 174 Å². The zero-order valence-corrected chi connectivity index (χ0v) is 18.6. The molecule has 2 bridgehead atoms. The number of fused-ring (bicyclic) bond motifs is 1. The zero-order chi connectivity index (χ0) is 21.0. The topological polar surface area (TPSA) is 56.8 Å². The maximum atomic E-state index is 12.7. The second-order valence-electron chi connectivity index (χ2n) is 10.0. The summed E-state index contributed by atoms with van der Waals surface area (Å²) in [5, 5.41) is 3.46. The molecule has 0 unspecified atom stereocenters. The molecule has 5 heteroatoms. The summed E-state index contributed by atoms with van der Waals surface area (Å²) in [4.78, 5) is 12.7. The molecular weight excluding hydrogens is 366 g/mol. The molecule has 0 radical (unpaired) electrons. The first-order valence-corrected chi connectivity index (χ1v) is 10.9. The van der Waals surface area contributed by atoms with Crippen molar-refractivity contribution < 1.29 is 19.0 Å². The fraction of sp³-hybridized carbons (Fsp3) is 0.708. The minimum absolute atomic E-state index is 0.00269. The maximum absolute atomic E-state index is 12.7. The molecule has 5 nitrogen and oxygen atoms in total. The normalized spacial score (nSPS) is 34.7. The summed E-state index contributed by atoms with van der Waals surface area (Å²) in [7, 11) is 3.37. The van der Waals surface area contributed by atoms with Crippen LogP contribution in [0, 0.1) is 28.6 Å². The highest BCUT2D eigenvalue weighted by Crippen LogP contribution is 2.70. The molecular formula is C24H35NO4. The van der Waals surface area contributed by atoms with Crippen LogP contribution in [0.2, 0.25) is 0 Å². The first-order valence-electron chi connectivity index (χ1n) is 10.9. The Bertz CT molecular complexity index is 789. The lowest BCUT2D eigenvalue weighted by atomic mass is 9.58. The van der Waals surface area contributed by atoms with Gasteiger partial charge in [-0.05, 0) is 54.1 Å². The largest absolute Gasteiger partial charge is 0.497 e. The molecule has 3 fully saturated rings. The van der Waals surface area contributed by atoms with E-state index in [4.69, 9.17) is 14.2 Å². The lowest BCUT2D eigenvalue weighted by molar-refractivity contribution is -0.139. The van der Waals surface area contributed by atoms with Gasteiger partial charge in [0.05, 0.1) is 20.3 Å². The van der Waals surface area contributed by atoms with Gasteiger partial charge in [0.25, 0.3) is 0 Å². The standard InChI is InChI=1S/C24H35NO4/c1-14(2)21(26)25-22-23(3,4)15-11-18-20(29-10-9-24(18,22)13-15)17-8-7-16(27-5)12-19(17)28-6/h7-8,12,14-15,18,20,22H,9-11,13H2,1-6H3,(H,25,26)/t15-,18-,20-,22+,24-/m1/s1. The van der Waals surface area contributed by atoms with Crippen molar-refractivity contribution in [2.75, 3.05) is 20.8 Å². The van der Waals surface area contributed by atoms with Crippen molar-refractivity contribution in [3.8, 4) is 11.5 Å². The fourth-order valence-corrected chi connectivity index (χ4v) is 6.46. The molecule has 160 valence electrons. The molecule has 1 aliphatic heterocycles. The van der Waals surface area contributed by atoms with Crippen molar-refractivity contribution in [2.45, 2.75) is 59.1 Å². The van der Waals surface area contributed by atoms with Crippen LogP contribution in [-0.4, -0.2) is 32.8 Å². The van der Waals surface area contributed by atoms with Gasteiger partial charge in [-0.15, -0.1) is 0 Å². The molecule has 4 rings (SSSR count). The number of methoxy groups -OCH3 is 2. The number of carbonyl (C=O) groups is 1. The SMILES string of the molecule is COc1ccc([C@H]2OCC[C@@]34C[C@@H](C[C@H]23)C(C)(C)[C@@H]4NC(=O)C(C)C)c(OC)c1. The molecule has 1 saturated heterocycles. The zero-order valence-electron chi connectivity index (χ0n) is 18.6. The monoisotopic (exact) mass is 401 g/mol. The summed E-state index contributed by atoms with van der Waals surface area (Å²) in [6.45, 7) is 9.34. The number of carbonyl (C=O) groups excluding carboxylic acids is 1. The van der Waals surface area contributed by atoms with E-state index in [-0.39, 0.29) is 34.8 Å². The highest BCUT2D eigenvalue weighted by atomic mass is 16.5. The second-order valence-corrected chi connectivity index (χ2v) is 10.0. The van der Waals surface area contributed by atoms with Crippen LogP contribution in [0.5, 0.6) is 11.5 Å². The number of hydrogen-bond donors (Lipinski definition) is 1. The Hall–Kier alpha value is -1.75. The first kappa shape index (κ1) is 20.5. The summed E-state index contributed by atoms with van der Waals surface area (Å²) >= 11 is 0. The van der Waals surface area contributed by atoms with Crippen molar-refractivity contribution in [1.82, 2.24) is 5.32 Å². The number of amides is 1. The molecule has 1 heterocycles. The third-order valence-corrected chi connectivity index (χ3v) is 8.06. The van der Waals surface area contributed by atoms with Gasteiger partial charge in [0.1, 0.15) is 11.5 Å². The lowest BCUT2D eigenvalue weighted by Crippen LogP contribution is -2.59. The molecule has 2 aliphatic carbocycles. The van der Waals surface area contributed by atoms with Gasteiger partial charge in [0.2, 0.25) is 5.91 Å². The summed E-state index contributed by atoms with van der Waals surface area (Å²) in [5.74, 6) is 2.74. The summed E-state index contributed by atoms with van der Waals surface area (Å²) in [5.41, 5.74) is 1.29. The predicted octanol–water partition coefficient (Wildman–Crippen LogP) is 4.36. The van der Waals surface area contributed by atoms with Gasteiger partial charge in [-0.2, -0.15) is 0 Å². The van der Waals surface area contributed by atoms with Crippen molar-refractivity contribution >= 4 is 5.91 Å². The quantitative estimate of drug-likeness (QED) is 0.797. The molecule has 1 amide bonds. The number of benzene rings is 1. The van der Waals surface area contributed by atoms with Gasteiger partial charge >= 0.3 is 0 Å². The van der Waals surface area contributed by atoms with E-state index in [2.05, 4.69) is 25.2 Å². The molecule has 1 N–H and O–H groups in total. The number of nitrogens with one attached hydrogen (secondary N) is 1. The smallest absolute Gasteiger partial charge is 0.222 e. The molecule has 1 aromatic carbocycles. The molecule has 5 atom stereocenters. The molecule has 1 spiro atoms. The van der Waals surface area contributed by atoms with E-state index in [1.54, 1.807) is 14.2 Å². The number of hydrogen-bond acceptors (Lipinski definition) is 4. The first-order chi connectivity index (χ1) is 13.7. The summed E-state index contributed by atoms with van der Waals surface area (Å²) in [6.07, 6.45) is 3.31. The highest BCUT2D eigenvalue weighted by molar-refractivity contribution is 5.78. The van der Waals surface area contributed by atoms with Crippen molar-refractivity contribution in [3.05, 3.63) is 23.8 Å². The van der Waals surface area contributed by atoms with Crippen LogP contribution in [0.25, 0.3) is 0 Å². The van der Waals surface area contributed by atoms with Crippen LogP contribution in [0.3, 0.4) is 0 Å². The summed E-state index contributed by atoms with van der Waals surface area (Å²) in [6, 6.07) is 6.19. The average Bonchev–Trinajstić information content (AvgIpc) is 3.19. The van der Waals surface area contributed by atoms with Crippen molar-refractivity contribution in [2.24, 2.45) is 28.6 Å². The number of ether oxygens (including phenoxy) is 3. The Morgan fingerprint density at radius 3 is 2.66 bits per heavy atom. The van der Waals surface area contributed by atoms with Crippen LogP contribution in [0.4, 0.5) is 0 Å². The third-order valence-electron chi connectivity index (χ3n) is 8.06. The van der Waals surface area contributed by atoms with Gasteiger partial charge in [0.15, 0.2) is 0 Å². The van der Waals surface area contributed by atoms with Crippen LogP contribution in [0.1, 0.15) is 58.6 Å². The molecule has 0 aromatic heterocycles. The van der Waals surface area contributed by atoms with E-state index in [1.165, 1.54) is 6.42 Å². The van der Waals surface area contributed by atoms with E-state index in [9.17, 15) is 4.79 Å². The average molecular weight is 402 g/mol. The van der Waals surface area contributed by atoms with Crippen molar-refractivity contribution in [1.29, 1.82) is 0 Å². The Morgan fingerprint density at radius 1 is 1.24 bits per heavy atom. The Kier molecular flexibility index (Phi) is 5.09. The molecule has 2 saturated carbocycles. The van der Waals surface area contributed by atoms with E-state index < -0.39 is 0 Å². The van der Waals surface area contributed by atoms with Crippen LogP contribution in [0.15, 0.2) is 18.2 Å². The Morgan fingerprint density at radius 2 is 2.00 bits per heavy atom. The number of rotatable bonds is 5. The minimum atomic E-state index is -0.0100. The van der Waals surface area contributed by atoms with Crippen LogP contribution < -0.4 is 14.8 Å². The van der Waals surface area contributed by atoms with Crippen molar-refractivity contribution in [3.63, 3.8) is 0 Å². The molecule has 29 heavy (non-hydrogen) atoms. The van der Waals surface area contributed by atoms with Gasteiger partial charge in [-0.3, -0.25) is 4.79 Å². The minimum Gasteiger partial charge on any atom is -0.497 e. The van der Waals surface area contributed by atoms with E-state index in [0.717, 1.165) is 29.9 Å². The highest BCUT2D eigenvalue weighted by Gasteiger charge is 2.68. The van der Waals surface area contributed by atoms with E-state index in [0.29, 0.717) is 18.4 Å². The third kappa shape index (κ3) is 3.04. The van der Waals surface area contributed by atoms with Crippen LogP contribution in [-0.2, 0) is 9.53 Å². The maximum Gasteiger partial charge on any atom is 0.222 e. The summed E-state index contributed by atoms with van der Waals surface area (Å²) < 4.78 is 17.5. The van der Waals surface area contributed by atoms with Gasteiger partial charge in [0, 0.05) is 30.2 Å². The molecule has 1 aromatic rings. The fourth-order valence-electron chi connectivity index (χ4n) is 6.46. The van der Waals surface area contributed by atoms with Crippen LogP contribution >= 0.6 is 0 Å². The Balaban J connectivity index is 1.70. The second kappa shape index (κ2) is 7.19. The van der Waals surface area contributed by atoms with Gasteiger partial charge < -0.3 is 19.5 Å². The van der Waals surface area contributed by atoms with E-state index in [1.807, 2.05) is 26.0 Å². The molecule has 3 aliphatic rings. The predicted molar refractivity (Wildman–Crippen MR) is 112 cm³/mol. The lowest BCUT2D eigenvalue weighted by Gasteiger charge is -2.53. The van der Waals surface area contributed by atoms with E-state index >= 15 is 0 Å². The van der Waals surface area contributed by atoms with Gasteiger partial charge in [-0.1, -0.05) is 27.7 Å². The van der Waals surface area contributed by atoms with Gasteiger partial charge in [-0.25, -0.2) is 0 Å².